The molecule has 84 valence electrons. The fraction of sp³-hybridized carbons (Fsp3) is 0.455. The van der Waals surface area contributed by atoms with Crippen molar-refractivity contribution < 1.29 is 13.2 Å². The van der Waals surface area contributed by atoms with Gasteiger partial charge < -0.3 is 0 Å². The fourth-order valence-corrected chi connectivity index (χ4v) is 1.47. The maximum atomic E-state index is 11.9. The van der Waals surface area contributed by atoms with Crippen molar-refractivity contribution in [3.8, 4) is 0 Å². The summed E-state index contributed by atoms with van der Waals surface area (Å²) in [5.41, 5.74) is 1.81. The van der Waals surface area contributed by atoms with Crippen LogP contribution in [0.25, 0.3) is 0 Å². The van der Waals surface area contributed by atoms with Crippen LogP contribution >= 0.6 is 11.6 Å². The number of hydrogen-bond acceptors (Lipinski definition) is 0. The summed E-state index contributed by atoms with van der Waals surface area (Å²) in [6.45, 7) is 1.84. The summed E-state index contributed by atoms with van der Waals surface area (Å²) in [6.07, 6.45) is -4.21. The molecule has 4 heteroatoms. The van der Waals surface area contributed by atoms with Crippen LogP contribution in [-0.2, 0) is 6.42 Å². The zero-order valence-corrected chi connectivity index (χ0v) is 9.12. The Balaban J connectivity index is 2.48. The van der Waals surface area contributed by atoms with E-state index >= 15 is 0 Å². The molecule has 1 rings (SSSR count). The topological polar surface area (TPSA) is 0 Å². The first-order chi connectivity index (χ1) is 6.88. The van der Waals surface area contributed by atoms with Gasteiger partial charge in [0.25, 0.3) is 0 Å². The second-order valence-electron chi connectivity index (χ2n) is 3.55. The quantitative estimate of drug-likeness (QED) is 0.723. The minimum absolute atomic E-state index is 0.130. The highest BCUT2D eigenvalue weighted by atomic mass is 35.5. The standard InChI is InChI=1S/C11H12ClF3/c1-8-7-9(4-5-10(8)12)3-2-6-11(13,14)15/h4-5,7H,2-3,6H2,1H3. The van der Waals surface area contributed by atoms with E-state index in [1.807, 2.05) is 13.0 Å². The average molecular weight is 237 g/mol. The fourth-order valence-electron chi connectivity index (χ4n) is 1.36. The lowest BCUT2D eigenvalue weighted by Crippen LogP contribution is -2.07. The minimum Gasteiger partial charge on any atom is -0.171 e. The van der Waals surface area contributed by atoms with Gasteiger partial charge in [-0.15, -0.1) is 0 Å². The monoisotopic (exact) mass is 236 g/mol. The van der Waals surface area contributed by atoms with E-state index in [1.54, 1.807) is 12.1 Å². The molecule has 0 heterocycles. The summed E-state index contributed by atoms with van der Waals surface area (Å²) in [4.78, 5) is 0. The number of alkyl halides is 3. The van der Waals surface area contributed by atoms with Gasteiger partial charge in [-0.05, 0) is 37.0 Å². The summed E-state index contributed by atoms with van der Waals surface area (Å²) in [5, 5.41) is 0.648. The molecule has 1 aromatic carbocycles. The van der Waals surface area contributed by atoms with Crippen molar-refractivity contribution >= 4 is 11.6 Å². The van der Waals surface area contributed by atoms with Crippen LogP contribution in [0.15, 0.2) is 18.2 Å². The molecule has 1 aromatic rings. The molecule has 0 radical (unpaired) electrons. The van der Waals surface area contributed by atoms with Gasteiger partial charge in [0.15, 0.2) is 0 Å². The third-order valence-electron chi connectivity index (χ3n) is 2.15. The van der Waals surface area contributed by atoms with Gasteiger partial charge in [-0.1, -0.05) is 23.7 Å². The van der Waals surface area contributed by atoms with Gasteiger partial charge in [-0.25, -0.2) is 0 Å². The first-order valence-corrected chi connectivity index (χ1v) is 5.08. The highest BCUT2D eigenvalue weighted by molar-refractivity contribution is 6.31. The van der Waals surface area contributed by atoms with Gasteiger partial charge in [0.1, 0.15) is 0 Å². The largest absolute Gasteiger partial charge is 0.389 e. The third kappa shape index (κ3) is 4.56. The molecule has 0 aliphatic heterocycles. The Bertz CT molecular complexity index is 331. The lowest BCUT2D eigenvalue weighted by Gasteiger charge is -2.06. The lowest BCUT2D eigenvalue weighted by atomic mass is 10.1. The zero-order chi connectivity index (χ0) is 11.5. The van der Waals surface area contributed by atoms with Crippen molar-refractivity contribution in [1.29, 1.82) is 0 Å². The van der Waals surface area contributed by atoms with E-state index in [2.05, 4.69) is 0 Å². The van der Waals surface area contributed by atoms with Gasteiger partial charge in [0, 0.05) is 11.4 Å². The summed E-state index contributed by atoms with van der Waals surface area (Å²) in [5.74, 6) is 0. The number of hydrogen-bond donors (Lipinski definition) is 0. The first kappa shape index (κ1) is 12.4. The predicted octanol–water partition coefficient (Wildman–Crippen LogP) is 4.53. The maximum Gasteiger partial charge on any atom is 0.389 e. The lowest BCUT2D eigenvalue weighted by molar-refractivity contribution is -0.135. The van der Waals surface area contributed by atoms with Crippen LogP contribution in [0, 0.1) is 6.92 Å². The Kier molecular flexibility index (Phi) is 4.03. The van der Waals surface area contributed by atoms with Crippen LogP contribution in [0.3, 0.4) is 0 Å². The molecule has 0 aliphatic carbocycles. The Morgan fingerprint density at radius 3 is 2.47 bits per heavy atom. The van der Waals surface area contributed by atoms with Crippen molar-refractivity contribution in [3.63, 3.8) is 0 Å². The Labute approximate surface area is 92.1 Å². The molecule has 0 amide bonds. The highest BCUT2D eigenvalue weighted by Crippen LogP contribution is 2.23. The van der Waals surface area contributed by atoms with Crippen LogP contribution in [0.1, 0.15) is 24.0 Å². The van der Waals surface area contributed by atoms with Gasteiger partial charge >= 0.3 is 6.18 Å². The molecule has 0 nitrogen and oxygen atoms in total. The molecule has 0 fully saturated rings. The molecular formula is C11H12ClF3. The van der Waals surface area contributed by atoms with Crippen LogP contribution in [0.4, 0.5) is 13.2 Å². The second-order valence-corrected chi connectivity index (χ2v) is 3.96. The summed E-state index contributed by atoms with van der Waals surface area (Å²) in [6, 6.07) is 5.32. The van der Waals surface area contributed by atoms with E-state index in [9.17, 15) is 13.2 Å². The predicted molar refractivity (Wildman–Crippen MR) is 55.2 cm³/mol. The number of aryl methyl sites for hydroxylation is 2. The van der Waals surface area contributed by atoms with E-state index in [4.69, 9.17) is 11.6 Å². The van der Waals surface area contributed by atoms with Crippen LogP contribution in [-0.4, -0.2) is 6.18 Å². The number of rotatable bonds is 3. The number of halogens is 4. The van der Waals surface area contributed by atoms with E-state index in [0.29, 0.717) is 11.4 Å². The normalized spacial score (nSPS) is 11.8. The smallest absolute Gasteiger partial charge is 0.171 e. The third-order valence-corrected chi connectivity index (χ3v) is 2.57. The number of benzene rings is 1. The van der Waals surface area contributed by atoms with Crippen molar-refractivity contribution in [2.75, 3.05) is 0 Å². The summed E-state index contributed by atoms with van der Waals surface area (Å²) < 4.78 is 35.6. The SMILES string of the molecule is Cc1cc(CCCC(F)(F)F)ccc1Cl. The summed E-state index contributed by atoms with van der Waals surface area (Å²) >= 11 is 5.81. The molecule has 0 saturated carbocycles. The first-order valence-electron chi connectivity index (χ1n) is 4.70. The molecular weight excluding hydrogens is 225 g/mol. The van der Waals surface area contributed by atoms with Crippen molar-refractivity contribution in [2.24, 2.45) is 0 Å². The van der Waals surface area contributed by atoms with Gasteiger partial charge in [0.2, 0.25) is 0 Å². The van der Waals surface area contributed by atoms with Crippen LogP contribution < -0.4 is 0 Å². The van der Waals surface area contributed by atoms with Crippen molar-refractivity contribution in [3.05, 3.63) is 34.3 Å². The van der Waals surface area contributed by atoms with Crippen LogP contribution in [0.2, 0.25) is 5.02 Å². The maximum absolute atomic E-state index is 11.9. The van der Waals surface area contributed by atoms with E-state index in [-0.39, 0.29) is 6.42 Å². The molecule has 0 bridgehead atoms. The molecule has 0 aromatic heterocycles. The Morgan fingerprint density at radius 2 is 1.93 bits per heavy atom. The van der Waals surface area contributed by atoms with E-state index < -0.39 is 12.6 Å². The molecule has 0 aliphatic rings. The van der Waals surface area contributed by atoms with Gasteiger partial charge in [-0.3, -0.25) is 0 Å². The second kappa shape index (κ2) is 4.88. The molecule has 0 unspecified atom stereocenters. The minimum atomic E-state index is -4.05. The van der Waals surface area contributed by atoms with E-state index in [1.165, 1.54) is 0 Å². The molecule has 0 saturated heterocycles. The van der Waals surface area contributed by atoms with Crippen LogP contribution in [0.5, 0.6) is 0 Å². The van der Waals surface area contributed by atoms with E-state index in [0.717, 1.165) is 11.1 Å². The van der Waals surface area contributed by atoms with Gasteiger partial charge in [0.05, 0.1) is 0 Å². The van der Waals surface area contributed by atoms with Crippen molar-refractivity contribution in [1.82, 2.24) is 0 Å². The Hall–Kier alpha value is -0.700. The summed E-state index contributed by atoms with van der Waals surface area (Å²) in [7, 11) is 0. The van der Waals surface area contributed by atoms with Gasteiger partial charge in [-0.2, -0.15) is 13.2 Å². The molecule has 0 spiro atoms. The highest BCUT2D eigenvalue weighted by Gasteiger charge is 2.25. The average Bonchev–Trinajstić information content (AvgIpc) is 2.09. The molecule has 0 atom stereocenters. The molecule has 0 N–H and O–H groups in total. The Morgan fingerprint density at radius 1 is 1.27 bits per heavy atom. The zero-order valence-electron chi connectivity index (χ0n) is 8.37. The van der Waals surface area contributed by atoms with Crippen molar-refractivity contribution in [2.45, 2.75) is 32.4 Å². The molecule has 15 heavy (non-hydrogen) atoms.